The summed E-state index contributed by atoms with van der Waals surface area (Å²) in [6.45, 7) is 2.63. The van der Waals surface area contributed by atoms with Crippen LogP contribution in [0.25, 0.3) is 0 Å². The molecule has 0 radical (unpaired) electrons. The first-order chi connectivity index (χ1) is 10.3. The zero-order chi connectivity index (χ0) is 16.3. The summed E-state index contributed by atoms with van der Waals surface area (Å²) in [5.41, 5.74) is 0.975. The van der Waals surface area contributed by atoms with Gasteiger partial charge in [0.1, 0.15) is 6.42 Å². The molecule has 0 saturated carbocycles. The fourth-order valence-electron chi connectivity index (χ4n) is 2.28. The van der Waals surface area contributed by atoms with Gasteiger partial charge >= 0.3 is 5.97 Å². The van der Waals surface area contributed by atoms with Crippen LogP contribution in [0.3, 0.4) is 0 Å². The lowest BCUT2D eigenvalue weighted by molar-refractivity contribution is -0.144. The van der Waals surface area contributed by atoms with E-state index in [4.69, 9.17) is 5.11 Å². The van der Waals surface area contributed by atoms with Gasteiger partial charge in [-0.05, 0) is 19.1 Å². The van der Waals surface area contributed by atoms with Gasteiger partial charge in [-0.1, -0.05) is 17.7 Å². The minimum Gasteiger partial charge on any atom is -0.481 e. The molecule has 0 atom stereocenters. The summed E-state index contributed by atoms with van der Waals surface area (Å²) in [4.78, 5) is 23.8. The fourth-order valence-corrected chi connectivity index (χ4v) is 3.70. The molecule has 22 heavy (non-hydrogen) atoms. The zero-order valence-electron chi connectivity index (χ0n) is 12.2. The van der Waals surface area contributed by atoms with Gasteiger partial charge in [-0.25, -0.2) is 8.42 Å². The van der Waals surface area contributed by atoms with Crippen LogP contribution in [0.5, 0.6) is 0 Å². The van der Waals surface area contributed by atoms with Gasteiger partial charge in [0.15, 0.2) is 0 Å². The lowest BCUT2D eigenvalue weighted by atomic mass is 10.2. The van der Waals surface area contributed by atoms with E-state index in [1.165, 1.54) is 9.21 Å². The van der Waals surface area contributed by atoms with Crippen LogP contribution in [0.2, 0.25) is 0 Å². The summed E-state index contributed by atoms with van der Waals surface area (Å²) >= 11 is 0. The maximum absolute atomic E-state index is 12.5. The number of carboxylic acid groups (broad SMARTS) is 1. The van der Waals surface area contributed by atoms with Crippen molar-refractivity contribution in [1.29, 1.82) is 0 Å². The molecular weight excluding hydrogens is 308 g/mol. The number of piperazine rings is 1. The van der Waals surface area contributed by atoms with E-state index >= 15 is 0 Å². The number of carbonyl (C=O) groups excluding carboxylic acids is 1. The van der Waals surface area contributed by atoms with E-state index in [9.17, 15) is 18.0 Å². The number of hydrogen-bond acceptors (Lipinski definition) is 4. The Hall–Kier alpha value is -1.93. The second-order valence-electron chi connectivity index (χ2n) is 5.17. The molecule has 1 aliphatic rings. The van der Waals surface area contributed by atoms with E-state index in [0.717, 1.165) is 5.56 Å². The molecule has 2 rings (SSSR count). The average molecular weight is 326 g/mol. The van der Waals surface area contributed by atoms with Gasteiger partial charge in [-0.2, -0.15) is 4.31 Å². The van der Waals surface area contributed by atoms with Crippen molar-refractivity contribution in [2.75, 3.05) is 26.2 Å². The Morgan fingerprint density at radius 3 is 2.14 bits per heavy atom. The third-order valence-electron chi connectivity index (χ3n) is 3.55. The summed E-state index contributed by atoms with van der Waals surface area (Å²) in [5.74, 6) is -1.67. The molecule has 1 heterocycles. The van der Waals surface area contributed by atoms with Gasteiger partial charge in [-0.15, -0.1) is 0 Å². The number of carbonyl (C=O) groups is 2. The van der Waals surface area contributed by atoms with E-state index in [2.05, 4.69) is 0 Å². The Bertz CT molecular complexity index is 661. The van der Waals surface area contributed by atoms with Crippen LogP contribution in [0.1, 0.15) is 12.0 Å². The van der Waals surface area contributed by atoms with Crippen molar-refractivity contribution in [1.82, 2.24) is 9.21 Å². The lowest BCUT2D eigenvalue weighted by Gasteiger charge is -2.33. The zero-order valence-corrected chi connectivity index (χ0v) is 13.0. The van der Waals surface area contributed by atoms with Gasteiger partial charge in [0.25, 0.3) is 0 Å². The molecule has 120 valence electrons. The van der Waals surface area contributed by atoms with E-state index in [1.54, 1.807) is 24.3 Å². The van der Waals surface area contributed by atoms with Gasteiger partial charge in [0.05, 0.1) is 4.90 Å². The quantitative estimate of drug-likeness (QED) is 0.803. The van der Waals surface area contributed by atoms with Crippen LogP contribution in [-0.2, 0) is 19.6 Å². The molecule has 1 aliphatic heterocycles. The molecule has 1 fully saturated rings. The minimum atomic E-state index is -3.57. The molecule has 1 amide bonds. The van der Waals surface area contributed by atoms with E-state index in [1.807, 2.05) is 6.92 Å². The fraction of sp³-hybridized carbons (Fsp3) is 0.429. The maximum Gasteiger partial charge on any atom is 0.312 e. The Morgan fingerprint density at radius 1 is 1.09 bits per heavy atom. The van der Waals surface area contributed by atoms with Crippen molar-refractivity contribution in [2.24, 2.45) is 0 Å². The van der Waals surface area contributed by atoms with Gasteiger partial charge in [0, 0.05) is 26.2 Å². The third-order valence-corrected chi connectivity index (χ3v) is 5.47. The van der Waals surface area contributed by atoms with Crippen molar-refractivity contribution in [2.45, 2.75) is 18.2 Å². The Labute approximate surface area is 129 Å². The van der Waals surface area contributed by atoms with E-state index in [0.29, 0.717) is 0 Å². The average Bonchev–Trinajstić information content (AvgIpc) is 2.47. The van der Waals surface area contributed by atoms with Crippen molar-refractivity contribution in [3.8, 4) is 0 Å². The lowest BCUT2D eigenvalue weighted by Crippen LogP contribution is -2.50. The molecule has 0 aromatic heterocycles. The first-order valence-electron chi connectivity index (χ1n) is 6.87. The molecule has 1 aromatic carbocycles. The maximum atomic E-state index is 12.5. The van der Waals surface area contributed by atoms with Crippen LogP contribution in [0, 0.1) is 6.92 Å². The summed E-state index contributed by atoms with van der Waals surface area (Å²) in [6, 6.07) is 6.60. The molecule has 7 nitrogen and oxygen atoms in total. The number of benzene rings is 1. The standard InChI is InChI=1S/C14H18N2O5S/c1-11-2-4-12(5-3-11)22(20,21)16-8-6-15(7-9-16)13(17)10-14(18)19/h2-5H,6-10H2,1H3,(H,18,19). The van der Waals surface area contributed by atoms with Crippen molar-refractivity contribution < 1.29 is 23.1 Å². The minimum absolute atomic E-state index is 0.168. The Kier molecular flexibility index (Phi) is 4.82. The van der Waals surface area contributed by atoms with Crippen molar-refractivity contribution in [3.05, 3.63) is 29.8 Å². The highest BCUT2D eigenvalue weighted by atomic mass is 32.2. The predicted molar refractivity (Wildman–Crippen MR) is 78.8 cm³/mol. The summed E-state index contributed by atoms with van der Waals surface area (Å²) < 4.78 is 26.3. The number of nitrogens with zero attached hydrogens (tertiary/aromatic N) is 2. The number of sulfonamides is 1. The summed E-state index contributed by atoms with van der Waals surface area (Å²) in [7, 11) is -3.57. The normalized spacial score (nSPS) is 16.5. The Balaban J connectivity index is 2.03. The molecule has 1 N–H and O–H groups in total. The van der Waals surface area contributed by atoms with Gasteiger partial charge < -0.3 is 10.0 Å². The largest absolute Gasteiger partial charge is 0.481 e. The highest BCUT2D eigenvalue weighted by Gasteiger charge is 2.30. The number of amides is 1. The molecule has 0 spiro atoms. The van der Waals surface area contributed by atoms with Crippen LogP contribution >= 0.6 is 0 Å². The second kappa shape index (κ2) is 6.45. The second-order valence-corrected chi connectivity index (χ2v) is 7.11. The molecule has 0 unspecified atom stereocenters. The monoisotopic (exact) mass is 326 g/mol. The number of hydrogen-bond donors (Lipinski definition) is 1. The summed E-state index contributed by atoms with van der Waals surface area (Å²) in [6.07, 6.45) is -0.565. The van der Waals surface area contributed by atoms with Crippen LogP contribution in [0.15, 0.2) is 29.2 Å². The van der Waals surface area contributed by atoms with Crippen molar-refractivity contribution >= 4 is 21.9 Å². The highest BCUT2D eigenvalue weighted by molar-refractivity contribution is 7.89. The smallest absolute Gasteiger partial charge is 0.312 e. The van der Waals surface area contributed by atoms with Gasteiger partial charge in [-0.3, -0.25) is 9.59 Å². The van der Waals surface area contributed by atoms with E-state index < -0.39 is 28.3 Å². The number of aliphatic carboxylic acids is 1. The number of aryl methyl sites for hydroxylation is 1. The van der Waals surface area contributed by atoms with Gasteiger partial charge in [0.2, 0.25) is 15.9 Å². The first-order valence-corrected chi connectivity index (χ1v) is 8.31. The molecule has 1 saturated heterocycles. The highest BCUT2D eigenvalue weighted by Crippen LogP contribution is 2.18. The number of rotatable bonds is 4. The molecule has 0 aliphatic carbocycles. The molecule has 0 bridgehead atoms. The van der Waals surface area contributed by atoms with Crippen molar-refractivity contribution in [3.63, 3.8) is 0 Å². The number of carboxylic acids is 1. The summed E-state index contributed by atoms with van der Waals surface area (Å²) in [5, 5.41) is 8.61. The predicted octanol–water partition coefficient (Wildman–Crippen LogP) is 0.303. The van der Waals surface area contributed by atoms with E-state index in [-0.39, 0.29) is 31.1 Å². The third kappa shape index (κ3) is 3.63. The van der Waals surface area contributed by atoms with Crippen LogP contribution < -0.4 is 0 Å². The first kappa shape index (κ1) is 16.4. The molecular formula is C14H18N2O5S. The van der Waals surface area contributed by atoms with Crippen LogP contribution in [-0.4, -0.2) is 60.8 Å². The van der Waals surface area contributed by atoms with Crippen LogP contribution in [0.4, 0.5) is 0 Å². The molecule has 1 aromatic rings. The Morgan fingerprint density at radius 2 is 1.64 bits per heavy atom. The topological polar surface area (TPSA) is 95.0 Å². The SMILES string of the molecule is Cc1ccc(S(=O)(=O)N2CCN(C(=O)CC(=O)O)CC2)cc1. The molecule has 8 heteroatoms.